The standard InChI is InChI=1S/C17H21N3O/c21-17(19-13-5-6-13)20-9-7-12(8-10-20)15-11-18-16-4-2-1-3-14(15)16/h1-4,11-13,18H,5-10H2,(H,19,21). The Labute approximate surface area is 124 Å². The quantitative estimate of drug-likeness (QED) is 0.873. The molecule has 110 valence electrons. The van der Waals surface area contributed by atoms with Gasteiger partial charge in [-0.1, -0.05) is 18.2 Å². The summed E-state index contributed by atoms with van der Waals surface area (Å²) in [6.07, 6.45) is 6.56. The number of likely N-dealkylation sites (tertiary alicyclic amines) is 1. The maximum Gasteiger partial charge on any atom is 0.317 e. The Morgan fingerprint density at radius 1 is 1.14 bits per heavy atom. The molecule has 2 N–H and O–H groups in total. The predicted octanol–water partition coefficient (Wildman–Crippen LogP) is 3.22. The number of fused-ring (bicyclic) bond motifs is 1. The van der Waals surface area contributed by atoms with E-state index in [0.29, 0.717) is 12.0 Å². The van der Waals surface area contributed by atoms with Gasteiger partial charge in [0, 0.05) is 36.2 Å². The zero-order valence-electron chi connectivity index (χ0n) is 12.1. The Morgan fingerprint density at radius 3 is 2.67 bits per heavy atom. The molecule has 4 rings (SSSR count). The number of aromatic nitrogens is 1. The summed E-state index contributed by atoms with van der Waals surface area (Å²) in [7, 11) is 0. The second-order valence-corrected chi connectivity index (χ2v) is 6.27. The van der Waals surface area contributed by atoms with Gasteiger partial charge in [0.05, 0.1) is 0 Å². The van der Waals surface area contributed by atoms with Gasteiger partial charge in [0.1, 0.15) is 0 Å². The van der Waals surface area contributed by atoms with Crippen molar-refractivity contribution in [3.8, 4) is 0 Å². The maximum absolute atomic E-state index is 12.1. The van der Waals surface area contributed by atoms with E-state index in [1.165, 1.54) is 16.5 Å². The molecule has 21 heavy (non-hydrogen) atoms. The van der Waals surface area contributed by atoms with E-state index in [4.69, 9.17) is 0 Å². The molecule has 4 nitrogen and oxygen atoms in total. The van der Waals surface area contributed by atoms with Crippen LogP contribution < -0.4 is 5.32 Å². The number of aromatic amines is 1. The van der Waals surface area contributed by atoms with Crippen molar-refractivity contribution in [2.24, 2.45) is 0 Å². The molecule has 1 aliphatic heterocycles. The molecule has 4 heteroatoms. The average molecular weight is 283 g/mol. The molecule has 0 unspecified atom stereocenters. The molecule has 0 bridgehead atoms. The Kier molecular flexibility index (Phi) is 3.09. The first-order valence-corrected chi connectivity index (χ1v) is 7.93. The van der Waals surface area contributed by atoms with Gasteiger partial charge in [0.15, 0.2) is 0 Å². The lowest BCUT2D eigenvalue weighted by Crippen LogP contribution is -2.44. The van der Waals surface area contributed by atoms with Crippen LogP contribution in [-0.4, -0.2) is 35.0 Å². The van der Waals surface area contributed by atoms with Gasteiger partial charge in [-0.25, -0.2) is 4.79 Å². The number of amides is 2. The zero-order chi connectivity index (χ0) is 14.2. The minimum absolute atomic E-state index is 0.134. The van der Waals surface area contributed by atoms with Crippen LogP contribution in [0.1, 0.15) is 37.2 Å². The molecule has 1 saturated carbocycles. The van der Waals surface area contributed by atoms with Crippen molar-refractivity contribution in [3.05, 3.63) is 36.0 Å². The number of carbonyl (C=O) groups excluding carboxylic acids is 1. The molecular weight excluding hydrogens is 262 g/mol. The molecular formula is C17H21N3O. The van der Waals surface area contributed by atoms with E-state index < -0.39 is 0 Å². The second-order valence-electron chi connectivity index (χ2n) is 6.27. The number of rotatable bonds is 2. The first-order chi connectivity index (χ1) is 10.3. The van der Waals surface area contributed by atoms with Gasteiger partial charge in [-0.15, -0.1) is 0 Å². The number of nitrogens with one attached hydrogen (secondary N) is 2. The highest BCUT2D eigenvalue weighted by molar-refractivity contribution is 5.83. The van der Waals surface area contributed by atoms with Crippen molar-refractivity contribution in [2.75, 3.05) is 13.1 Å². The number of nitrogens with zero attached hydrogens (tertiary/aromatic N) is 1. The average Bonchev–Trinajstić information content (AvgIpc) is 3.23. The van der Waals surface area contributed by atoms with E-state index >= 15 is 0 Å². The van der Waals surface area contributed by atoms with E-state index in [2.05, 4.69) is 40.8 Å². The SMILES string of the molecule is O=C(NC1CC1)N1CCC(c2c[nH]c3ccccc23)CC1. The van der Waals surface area contributed by atoms with Crippen molar-refractivity contribution >= 4 is 16.9 Å². The zero-order valence-corrected chi connectivity index (χ0v) is 12.1. The number of piperidine rings is 1. The number of para-hydroxylation sites is 1. The van der Waals surface area contributed by atoms with Gasteiger partial charge >= 0.3 is 6.03 Å². The maximum atomic E-state index is 12.1. The highest BCUT2D eigenvalue weighted by Gasteiger charge is 2.29. The first-order valence-electron chi connectivity index (χ1n) is 7.93. The van der Waals surface area contributed by atoms with Gasteiger partial charge in [-0.05, 0) is 43.2 Å². The van der Waals surface area contributed by atoms with E-state index in [0.717, 1.165) is 38.8 Å². The molecule has 0 atom stereocenters. The van der Waals surface area contributed by atoms with Crippen molar-refractivity contribution in [3.63, 3.8) is 0 Å². The summed E-state index contributed by atoms with van der Waals surface area (Å²) in [6.45, 7) is 1.73. The van der Waals surface area contributed by atoms with Crippen molar-refractivity contribution in [1.29, 1.82) is 0 Å². The van der Waals surface area contributed by atoms with Crippen LogP contribution in [0.25, 0.3) is 10.9 Å². The molecule has 1 aromatic carbocycles. The van der Waals surface area contributed by atoms with Gasteiger partial charge in [0.2, 0.25) is 0 Å². The third-order valence-electron chi connectivity index (χ3n) is 4.75. The van der Waals surface area contributed by atoms with Gasteiger partial charge in [0.25, 0.3) is 0 Å². The fraction of sp³-hybridized carbons (Fsp3) is 0.471. The summed E-state index contributed by atoms with van der Waals surface area (Å²) < 4.78 is 0. The molecule has 1 aliphatic carbocycles. The molecule has 2 amide bonds. The van der Waals surface area contributed by atoms with Gasteiger partial charge < -0.3 is 15.2 Å². The molecule has 2 heterocycles. The third kappa shape index (κ3) is 2.50. The van der Waals surface area contributed by atoms with E-state index in [-0.39, 0.29) is 6.03 Å². The predicted molar refractivity (Wildman–Crippen MR) is 83.4 cm³/mol. The van der Waals surface area contributed by atoms with Crippen molar-refractivity contribution < 1.29 is 4.79 Å². The molecule has 0 spiro atoms. The fourth-order valence-electron chi connectivity index (χ4n) is 3.32. The number of hydrogen-bond donors (Lipinski definition) is 2. The van der Waals surface area contributed by atoms with Gasteiger partial charge in [-0.3, -0.25) is 0 Å². The Morgan fingerprint density at radius 2 is 1.90 bits per heavy atom. The Bertz CT molecular complexity index is 651. The normalized spacial score (nSPS) is 19.9. The summed E-state index contributed by atoms with van der Waals surface area (Å²) >= 11 is 0. The molecule has 1 aromatic heterocycles. The Hall–Kier alpha value is -1.97. The number of urea groups is 1. The number of hydrogen-bond acceptors (Lipinski definition) is 1. The minimum atomic E-state index is 0.134. The lowest BCUT2D eigenvalue weighted by Gasteiger charge is -2.32. The van der Waals surface area contributed by atoms with E-state index in [9.17, 15) is 4.79 Å². The van der Waals surface area contributed by atoms with Crippen molar-refractivity contribution in [1.82, 2.24) is 15.2 Å². The summed E-state index contributed by atoms with van der Waals surface area (Å²) in [5.74, 6) is 0.561. The molecule has 2 fully saturated rings. The van der Waals surface area contributed by atoms with E-state index in [1.807, 2.05) is 4.90 Å². The smallest absolute Gasteiger partial charge is 0.317 e. The van der Waals surface area contributed by atoms with Crippen LogP contribution in [0, 0.1) is 0 Å². The summed E-state index contributed by atoms with van der Waals surface area (Å²) in [4.78, 5) is 17.4. The summed E-state index contributed by atoms with van der Waals surface area (Å²) in [5, 5.41) is 4.42. The summed E-state index contributed by atoms with van der Waals surface area (Å²) in [6, 6.07) is 9.05. The van der Waals surface area contributed by atoms with Crippen LogP contribution in [0.5, 0.6) is 0 Å². The highest BCUT2D eigenvalue weighted by atomic mass is 16.2. The van der Waals surface area contributed by atoms with E-state index in [1.54, 1.807) is 0 Å². The lowest BCUT2D eigenvalue weighted by molar-refractivity contribution is 0.181. The van der Waals surface area contributed by atoms with Crippen LogP contribution in [-0.2, 0) is 0 Å². The Balaban J connectivity index is 1.43. The van der Waals surface area contributed by atoms with Crippen molar-refractivity contribution in [2.45, 2.75) is 37.6 Å². The van der Waals surface area contributed by atoms with Crippen LogP contribution in [0.15, 0.2) is 30.5 Å². The van der Waals surface area contributed by atoms with Crippen LogP contribution >= 0.6 is 0 Å². The summed E-state index contributed by atoms with van der Waals surface area (Å²) in [5.41, 5.74) is 2.62. The molecule has 2 aromatic rings. The van der Waals surface area contributed by atoms with Crippen LogP contribution in [0.2, 0.25) is 0 Å². The molecule has 2 aliphatic rings. The van der Waals surface area contributed by atoms with Crippen LogP contribution in [0.3, 0.4) is 0 Å². The lowest BCUT2D eigenvalue weighted by atomic mass is 9.89. The van der Waals surface area contributed by atoms with Gasteiger partial charge in [-0.2, -0.15) is 0 Å². The number of carbonyl (C=O) groups is 1. The molecule has 0 radical (unpaired) electrons. The topological polar surface area (TPSA) is 48.1 Å². The second kappa shape index (κ2) is 5.10. The highest BCUT2D eigenvalue weighted by Crippen LogP contribution is 2.33. The monoisotopic (exact) mass is 283 g/mol. The number of H-pyrrole nitrogens is 1. The number of benzene rings is 1. The third-order valence-corrected chi connectivity index (χ3v) is 4.75. The van der Waals surface area contributed by atoms with Crippen LogP contribution in [0.4, 0.5) is 4.79 Å². The first kappa shape index (κ1) is 12.7. The fourth-order valence-corrected chi connectivity index (χ4v) is 3.32. The minimum Gasteiger partial charge on any atom is -0.361 e. The largest absolute Gasteiger partial charge is 0.361 e. The molecule has 1 saturated heterocycles.